The van der Waals surface area contributed by atoms with Crippen LogP contribution in [0.3, 0.4) is 0 Å². The number of hydrogen-bond donors (Lipinski definition) is 2. The molecule has 1 heterocycles. The van der Waals surface area contributed by atoms with Crippen LogP contribution in [0.25, 0.3) is 0 Å². The second-order valence-corrected chi connectivity index (χ2v) is 5.17. The van der Waals surface area contributed by atoms with E-state index in [1.165, 1.54) is 4.57 Å². The Bertz CT molecular complexity index is 738. The lowest BCUT2D eigenvalue weighted by Crippen LogP contribution is -2.33. The minimum absolute atomic E-state index is 0.137. The van der Waals surface area contributed by atoms with Gasteiger partial charge in [0.1, 0.15) is 5.75 Å². The van der Waals surface area contributed by atoms with E-state index in [2.05, 4.69) is 10.3 Å². The molecule has 6 heteroatoms. The highest BCUT2D eigenvalue weighted by atomic mass is 16.3. The van der Waals surface area contributed by atoms with Crippen molar-refractivity contribution in [1.82, 2.24) is 14.9 Å². The number of carbonyl (C=O) groups excluding carboxylic acids is 1. The Kier molecular flexibility index (Phi) is 4.93. The molecule has 0 saturated heterocycles. The molecular weight excluding hydrogens is 282 g/mol. The molecular formula is C16H19N3O3. The molecule has 0 radical (unpaired) electrons. The first-order valence-corrected chi connectivity index (χ1v) is 7.05. The van der Waals surface area contributed by atoms with Crippen molar-refractivity contribution in [2.45, 2.75) is 26.8 Å². The molecule has 0 bridgehead atoms. The SMILES string of the molecule is Cc1cc(C)n(CCNC(=O)Cc2cccc(O)c2)c(=O)n1. The Morgan fingerprint density at radius 1 is 1.32 bits per heavy atom. The molecule has 1 aromatic carbocycles. The van der Waals surface area contributed by atoms with Gasteiger partial charge < -0.3 is 10.4 Å². The minimum Gasteiger partial charge on any atom is -0.508 e. The summed E-state index contributed by atoms with van der Waals surface area (Å²) in [6, 6.07) is 8.41. The lowest BCUT2D eigenvalue weighted by Gasteiger charge is -2.10. The number of phenols is 1. The zero-order chi connectivity index (χ0) is 16.1. The van der Waals surface area contributed by atoms with Gasteiger partial charge in [0.15, 0.2) is 0 Å². The molecule has 6 nitrogen and oxygen atoms in total. The molecule has 2 aromatic rings. The molecule has 0 spiro atoms. The predicted molar refractivity (Wildman–Crippen MR) is 82.8 cm³/mol. The number of benzene rings is 1. The Morgan fingerprint density at radius 3 is 2.77 bits per heavy atom. The van der Waals surface area contributed by atoms with Crippen LogP contribution in [-0.4, -0.2) is 27.1 Å². The number of aromatic hydroxyl groups is 1. The van der Waals surface area contributed by atoms with Gasteiger partial charge in [0.05, 0.1) is 6.42 Å². The molecule has 0 fully saturated rings. The van der Waals surface area contributed by atoms with Crippen LogP contribution in [0, 0.1) is 13.8 Å². The standard InChI is InChI=1S/C16H19N3O3/c1-11-8-12(2)19(16(22)18-11)7-6-17-15(21)10-13-4-3-5-14(20)9-13/h3-5,8-9,20H,6-7,10H2,1-2H3,(H,17,21). The smallest absolute Gasteiger partial charge is 0.348 e. The molecule has 2 rings (SSSR count). The summed E-state index contributed by atoms with van der Waals surface area (Å²) in [5.74, 6) is -0.0189. The second kappa shape index (κ2) is 6.89. The maximum Gasteiger partial charge on any atom is 0.348 e. The van der Waals surface area contributed by atoms with Gasteiger partial charge in [-0.25, -0.2) is 4.79 Å². The summed E-state index contributed by atoms with van der Waals surface area (Å²) in [5.41, 5.74) is 1.94. The van der Waals surface area contributed by atoms with Crippen LogP contribution in [0.15, 0.2) is 35.1 Å². The van der Waals surface area contributed by atoms with Crippen LogP contribution < -0.4 is 11.0 Å². The molecule has 1 amide bonds. The fourth-order valence-electron chi connectivity index (χ4n) is 2.27. The highest BCUT2D eigenvalue weighted by Crippen LogP contribution is 2.11. The van der Waals surface area contributed by atoms with E-state index in [1.807, 2.05) is 13.0 Å². The van der Waals surface area contributed by atoms with Crippen molar-refractivity contribution in [3.63, 3.8) is 0 Å². The summed E-state index contributed by atoms with van der Waals surface area (Å²) >= 11 is 0. The molecule has 116 valence electrons. The van der Waals surface area contributed by atoms with Gasteiger partial charge in [-0.3, -0.25) is 9.36 Å². The summed E-state index contributed by atoms with van der Waals surface area (Å²) in [4.78, 5) is 27.5. The van der Waals surface area contributed by atoms with E-state index in [-0.39, 0.29) is 23.8 Å². The largest absolute Gasteiger partial charge is 0.508 e. The number of amides is 1. The predicted octanol–water partition coefficient (Wildman–Crippen LogP) is 0.925. The first kappa shape index (κ1) is 15.8. The second-order valence-electron chi connectivity index (χ2n) is 5.17. The minimum atomic E-state index is -0.306. The van der Waals surface area contributed by atoms with Crippen LogP contribution >= 0.6 is 0 Å². The Hall–Kier alpha value is -2.63. The van der Waals surface area contributed by atoms with Crippen molar-refractivity contribution in [2.24, 2.45) is 0 Å². The normalized spacial score (nSPS) is 10.5. The van der Waals surface area contributed by atoms with Gasteiger partial charge in [-0.1, -0.05) is 12.1 Å². The van der Waals surface area contributed by atoms with Crippen molar-refractivity contribution in [3.8, 4) is 5.75 Å². The quantitative estimate of drug-likeness (QED) is 0.860. The van der Waals surface area contributed by atoms with Crippen molar-refractivity contribution in [1.29, 1.82) is 0 Å². The van der Waals surface area contributed by atoms with Crippen LogP contribution in [0.2, 0.25) is 0 Å². The third-order valence-corrected chi connectivity index (χ3v) is 3.28. The average Bonchev–Trinajstić information content (AvgIpc) is 2.41. The number of rotatable bonds is 5. The Labute approximate surface area is 128 Å². The van der Waals surface area contributed by atoms with Gasteiger partial charge in [0, 0.05) is 24.5 Å². The summed E-state index contributed by atoms with van der Waals surface area (Å²) < 4.78 is 1.53. The van der Waals surface area contributed by atoms with E-state index < -0.39 is 0 Å². The van der Waals surface area contributed by atoms with E-state index in [0.29, 0.717) is 18.8 Å². The number of carbonyl (C=O) groups is 1. The molecule has 0 atom stereocenters. The maximum absolute atomic E-state index is 11.8. The van der Waals surface area contributed by atoms with Gasteiger partial charge in [-0.05, 0) is 37.6 Å². The van der Waals surface area contributed by atoms with Crippen LogP contribution in [0.4, 0.5) is 0 Å². The summed E-state index contributed by atoms with van der Waals surface area (Å²) in [7, 11) is 0. The zero-order valence-corrected chi connectivity index (χ0v) is 12.7. The van der Waals surface area contributed by atoms with Crippen LogP contribution in [-0.2, 0) is 17.8 Å². The van der Waals surface area contributed by atoms with Gasteiger partial charge in [0.2, 0.25) is 5.91 Å². The first-order chi connectivity index (χ1) is 10.5. The van der Waals surface area contributed by atoms with Gasteiger partial charge >= 0.3 is 5.69 Å². The lowest BCUT2D eigenvalue weighted by molar-refractivity contribution is -0.120. The third kappa shape index (κ3) is 4.18. The molecule has 0 saturated carbocycles. The topological polar surface area (TPSA) is 84.2 Å². The Balaban J connectivity index is 1.89. The molecule has 0 aliphatic heterocycles. The number of hydrogen-bond acceptors (Lipinski definition) is 4. The zero-order valence-electron chi connectivity index (χ0n) is 12.7. The fraction of sp³-hybridized carbons (Fsp3) is 0.312. The number of nitrogens with one attached hydrogen (secondary N) is 1. The van der Waals surface area contributed by atoms with Crippen molar-refractivity contribution >= 4 is 5.91 Å². The number of phenolic OH excluding ortho intramolecular Hbond substituents is 1. The van der Waals surface area contributed by atoms with Crippen molar-refractivity contribution < 1.29 is 9.90 Å². The lowest BCUT2D eigenvalue weighted by atomic mass is 10.1. The van der Waals surface area contributed by atoms with E-state index in [4.69, 9.17) is 0 Å². The molecule has 0 aliphatic rings. The van der Waals surface area contributed by atoms with Crippen molar-refractivity contribution in [3.05, 3.63) is 57.8 Å². The number of aromatic nitrogens is 2. The van der Waals surface area contributed by atoms with E-state index in [9.17, 15) is 14.7 Å². The van der Waals surface area contributed by atoms with Gasteiger partial charge in [-0.15, -0.1) is 0 Å². The van der Waals surface area contributed by atoms with Crippen LogP contribution in [0.5, 0.6) is 5.75 Å². The Morgan fingerprint density at radius 2 is 2.09 bits per heavy atom. The monoisotopic (exact) mass is 301 g/mol. The van der Waals surface area contributed by atoms with Crippen molar-refractivity contribution in [2.75, 3.05) is 6.54 Å². The summed E-state index contributed by atoms with van der Waals surface area (Å²) in [5, 5.41) is 12.1. The maximum atomic E-state index is 11.8. The summed E-state index contributed by atoms with van der Waals surface area (Å²) in [6.07, 6.45) is 0.189. The summed E-state index contributed by atoms with van der Waals surface area (Å²) in [6.45, 7) is 4.34. The molecule has 22 heavy (non-hydrogen) atoms. The van der Waals surface area contributed by atoms with Crippen LogP contribution in [0.1, 0.15) is 17.0 Å². The van der Waals surface area contributed by atoms with Gasteiger partial charge in [0.25, 0.3) is 0 Å². The molecule has 2 N–H and O–H groups in total. The molecule has 1 aromatic heterocycles. The highest BCUT2D eigenvalue weighted by molar-refractivity contribution is 5.78. The molecule has 0 aliphatic carbocycles. The van der Waals surface area contributed by atoms with Gasteiger partial charge in [-0.2, -0.15) is 4.98 Å². The number of nitrogens with zero attached hydrogens (tertiary/aromatic N) is 2. The first-order valence-electron chi connectivity index (χ1n) is 7.05. The highest BCUT2D eigenvalue weighted by Gasteiger charge is 2.06. The fourth-order valence-corrected chi connectivity index (χ4v) is 2.27. The molecule has 0 unspecified atom stereocenters. The average molecular weight is 301 g/mol. The van der Waals surface area contributed by atoms with E-state index in [1.54, 1.807) is 31.2 Å². The van der Waals surface area contributed by atoms with E-state index in [0.717, 1.165) is 11.3 Å². The third-order valence-electron chi connectivity index (χ3n) is 3.28. The van der Waals surface area contributed by atoms with E-state index >= 15 is 0 Å². The number of aryl methyl sites for hydroxylation is 2.